The number of hydrogen-bond acceptors (Lipinski definition) is 4. The van der Waals surface area contributed by atoms with Gasteiger partial charge >= 0.3 is 0 Å². The molecule has 3 rings (SSSR count). The molecule has 3 aromatic rings. The molecule has 144 valence electrons. The Kier molecular flexibility index (Phi) is 5.51. The molecule has 0 spiro atoms. The molecule has 0 saturated carbocycles. The first kappa shape index (κ1) is 20.0. The molecular weight excluding hydrogens is 419 g/mol. The quantitative estimate of drug-likeness (QED) is 0.325. The minimum atomic E-state index is -4.04. The number of hydrogen-bond donors (Lipinski definition) is 3. The molecule has 0 unspecified atom stereocenters. The molecule has 9 heteroatoms. The van der Waals surface area contributed by atoms with Gasteiger partial charge in [-0.2, -0.15) is 0 Å². The standard InChI is InChI=1S/C19H16Cl2N4O2S/c20-11-8-15(14-6-1-2-7-17(14)22)18(16(21)9-11)28(26,27)13-5-3-4-12(10-13)25-19(23)24/h1-10H,22H2,(H4,23,24,25). The van der Waals surface area contributed by atoms with Gasteiger partial charge in [0, 0.05) is 21.8 Å². The van der Waals surface area contributed by atoms with Gasteiger partial charge in [0.25, 0.3) is 0 Å². The van der Waals surface area contributed by atoms with Crippen LogP contribution in [0.5, 0.6) is 0 Å². The summed E-state index contributed by atoms with van der Waals surface area (Å²) in [5, 5.41) is 0.273. The zero-order valence-corrected chi connectivity index (χ0v) is 16.8. The highest BCUT2D eigenvalue weighted by Crippen LogP contribution is 2.41. The Morgan fingerprint density at radius 2 is 1.61 bits per heavy atom. The number of halogens is 2. The van der Waals surface area contributed by atoms with Crippen LogP contribution in [0.3, 0.4) is 0 Å². The van der Waals surface area contributed by atoms with Gasteiger partial charge in [-0.3, -0.25) is 0 Å². The molecule has 0 aliphatic carbocycles. The summed E-state index contributed by atoms with van der Waals surface area (Å²) in [6, 6.07) is 15.7. The summed E-state index contributed by atoms with van der Waals surface area (Å²) in [4.78, 5) is 3.77. The first-order valence-electron chi connectivity index (χ1n) is 7.99. The summed E-state index contributed by atoms with van der Waals surface area (Å²) in [6.07, 6.45) is 0. The van der Waals surface area contributed by atoms with Crippen LogP contribution in [0.15, 0.2) is 75.4 Å². The summed E-state index contributed by atoms with van der Waals surface area (Å²) < 4.78 is 26.9. The second kappa shape index (κ2) is 7.71. The Hall–Kier alpha value is -2.74. The molecule has 0 aliphatic rings. The van der Waals surface area contributed by atoms with Gasteiger partial charge in [-0.05, 0) is 36.4 Å². The van der Waals surface area contributed by atoms with Gasteiger partial charge in [-0.25, -0.2) is 13.4 Å². The van der Waals surface area contributed by atoms with Crippen LogP contribution in [-0.2, 0) is 9.84 Å². The SMILES string of the molecule is NC(N)=Nc1cccc(S(=O)(=O)c2c(Cl)cc(Cl)cc2-c2ccccc2N)c1. The predicted molar refractivity (Wildman–Crippen MR) is 114 cm³/mol. The number of nitrogen functional groups attached to an aromatic ring is 1. The van der Waals surface area contributed by atoms with Crippen molar-refractivity contribution in [2.45, 2.75) is 9.79 Å². The van der Waals surface area contributed by atoms with Crippen molar-refractivity contribution in [1.82, 2.24) is 0 Å². The lowest BCUT2D eigenvalue weighted by Crippen LogP contribution is -2.21. The van der Waals surface area contributed by atoms with E-state index in [0.717, 1.165) is 0 Å². The van der Waals surface area contributed by atoms with Crippen molar-refractivity contribution in [3.8, 4) is 11.1 Å². The average molecular weight is 435 g/mol. The normalized spacial score (nSPS) is 11.2. The Morgan fingerprint density at radius 1 is 0.893 bits per heavy atom. The summed E-state index contributed by atoms with van der Waals surface area (Å²) in [5.74, 6) is -0.183. The smallest absolute Gasteiger partial charge is 0.208 e. The van der Waals surface area contributed by atoms with Crippen LogP contribution >= 0.6 is 23.2 Å². The fourth-order valence-corrected chi connectivity index (χ4v) is 5.10. The number of guanidine groups is 1. The summed E-state index contributed by atoms with van der Waals surface area (Å²) in [5.41, 5.74) is 18.3. The molecule has 0 saturated heterocycles. The van der Waals surface area contributed by atoms with Crippen molar-refractivity contribution in [2.24, 2.45) is 16.5 Å². The molecule has 0 amide bonds. The number of anilines is 1. The maximum Gasteiger partial charge on any atom is 0.208 e. The fourth-order valence-electron chi connectivity index (χ4n) is 2.76. The van der Waals surface area contributed by atoms with E-state index in [0.29, 0.717) is 22.5 Å². The second-order valence-corrected chi connectivity index (χ2v) is 8.62. The summed E-state index contributed by atoms with van der Waals surface area (Å²) >= 11 is 12.5. The van der Waals surface area contributed by atoms with Crippen molar-refractivity contribution in [1.29, 1.82) is 0 Å². The molecule has 0 aliphatic heterocycles. The molecule has 0 bridgehead atoms. The van der Waals surface area contributed by atoms with Crippen molar-refractivity contribution in [2.75, 3.05) is 5.73 Å². The van der Waals surface area contributed by atoms with Crippen molar-refractivity contribution in [3.63, 3.8) is 0 Å². The van der Waals surface area contributed by atoms with Gasteiger partial charge in [-0.1, -0.05) is 47.5 Å². The number of benzene rings is 3. The highest BCUT2D eigenvalue weighted by molar-refractivity contribution is 7.91. The third-order valence-electron chi connectivity index (χ3n) is 3.91. The minimum Gasteiger partial charge on any atom is -0.398 e. The van der Waals surface area contributed by atoms with E-state index in [1.165, 1.54) is 30.3 Å². The van der Waals surface area contributed by atoms with Gasteiger partial charge in [0.2, 0.25) is 9.84 Å². The summed E-state index contributed by atoms with van der Waals surface area (Å²) in [7, 11) is -4.04. The van der Waals surface area contributed by atoms with E-state index in [1.807, 2.05) is 0 Å². The van der Waals surface area contributed by atoms with Crippen molar-refractivity contribution >= 4 is 50.4 Å². The van der Waals surface area contributed by atoms with Gasteiger partial charge in [0.05, 0.1) is 20.5 Å². The molecule has 3 aromatic carbocycles. The monoisotopic (exact) mass is 434 g/mol. The highest BCUT2D eigenvalue weighted by Gasteiger charge is 2.27. The van der Waals surface area contributed by atoms with E-state index < -0.39 is 9.84 Å². The second-order valence-electron chi connectivity index (χ2n) is 5.89. The molecule has 6 nitrogen and oxygen atoms in total. The van der Waals surface area contributed by atoms with Gasteiger partial charge in [-0.15, -0.1) is 0 Å². The van der Waals surface area contributed by atoms with Crippen LogP contribution < -0.4 is 17.2 Å². The Labute approximate surface area is 172 Å². The number of nitrogens with zero attached hydrogens (tertiary/aromatic N) is 1. The maximum atomic E-state index is 13.4. The molecule has 0 heterocycles. The Bertz CT molecular complexity index is 1190. The molecule has 0 atom stereocenters. The molecule has 6 N–H and O–H groups in total. The van der Waals surface area contributed by atoms with E-state index in [9.17, 15) is 8.42 Å². The van der Waals surface area contributed by atoms with E-state index in [1.54, 1.807) is 30.3 Å². The van der Waals surface area contributed by atoms with Crippen LogP contribution in [0.4, 0.5) is 11.4 Å². The number of aliphatic imine (C=N–C) groups is 1. The number of rotatable bonds is 4. The molecule has 0 radical (unpaired) electrons. The van der Waals surface area contributed by atoms with Gasteiger partial charge < -0.3 is 17.2 Å². The first-order chi connectivity index (χ1) is 13.2. The zero-order valence-electron chi connectivity index (χ0n) is 14.4. The molecule has 28 heavy (non-hydrogen) atoms. The first-order valence-corrected chi connectivity index (χ1v) is 10.2. The molecule has 0 aromatic heterocycles. The Morgan fingerprint density at radius 3 is 2.29 bits per heavy atom. The third kappa shape index (κ3) is 3.91. The topological polar surface area (TPSA) is 125 Å². The average Bonchev–Trinajstić information content (AvgIpc) is 2.60. The zero-order chi connectivity index (χ0) is 20.5. The van der Waals surface area contributed by atoms with Crippen LogP contribution in [0, 0.1) is 0 Å². The summed E-state index contributed by atoms with van der Waals surface area (Å²) in [6.45, 7) is 0. The fraction of sp³-hybridized carbons (Fsp3) is 0. The largest absolute Gasteiger partial charge is 0.398 e. The minimum absolute atomic E-state index is 0.0157. The van der Waals surface area contributed by atoms with E-state index >= 15 is 0 Å². The molecule has 0 fully saturated rings. The van der Waals surface area contributed by atoms with Gasteiger partial charge in [0.15, 0.2) is 5.96 Å². The van der Waals surface area contributed by atoms with Crippen LogP contribution in [0.1, 0.15) is 0 Å². The van der Waals surface area contributed by atoms with Crippen molar-refractivity contribution < 1.29 is 8.42 Å². The Balaban J connectivity index is 2.29. The van der Waals surface area contributed by atoms with E-state index in [4.69, 9.17) is 40.4 Å². The van der Waals surface area contributed by atoms with Gasteiger partial charge in [0.1, 0.15) is 0 Å². The third-order valence-corrected chi connectivity index (χ3v) is 6.39. The van der Waals surface area contributed by atoms with Crippen LogP contribution in [-0.4, -0.2) is 14.4 Å². The number of sulfone groups is 1. The van der Waals surface area contributed by atoms with Crippen LogP contribution in [0.25, 0.3) is 11.1 Å². The van der Waals surface area contributed by atoms with E-state index in [2.05, 4.69) is 4.99 Å². The predicted octanol–water partition coefficient (Wildman–Crippen LogP) is 3.98. The lowest BCUT2D eigenvalue weighted by molar-refractivity contribution is 0.596. The number of para-hydroxylation sites is 1. The van der Waals surface area contributed by atoms with E-state index in [-0.39, 0.29) is 25.8 Å². The maximum absolute atomic E-state index is 13.4. The highest BCUT2D eigenvalue weighted by atomic mass is 35.5. The lowest BCUT2D eigenvalue weighted by Gasteiger charge is -2.15. The number of nitrogens with two attached hydrogens (primary N) is 3. The molecular formula is C19H16Cl2N4O2S. The lowest BCUT2D eigenvalue weighted by atomic mass is 10.0. The van der Waals surface area contributed by atoms with Crippen LogP contribution in [0.2, 0.25) is 10.0 Å². The van der Waals surface area contributed by atoms with Crippen molar-refractivity contribution in [3.05, 3.63) is 70.7 Å².